The number of methoxy groups -OCH3 is 1. The fraction of sp³-hybridized carbons (Fsp3) is 0.400. The number of carbonyl (C=O) groups is 1. The Hall–Kier alpha value is -1.75. The molecular weight excluding hydrogens is 272 g/mol. The van der Waals surface area contributed by atoms with Crippen LogP contribution in [0.5, 0.6) is 5.75 Å². The fourth-order valence-electron chi connectivity index (χ4n) is 2.64. The molecule has 0 bridgehead atoms. The molecule has 3 N–H and O–H groups in total. The number of nitrogens with two attached hydrogens (primary N) is 1. The molecule has 106 valence electrons. The third-order valence-electron chi connectivity index (χ3n) is 4.01. The number of ether oxygens (including phenoxy) is 1. The van der Waals surface area contributed by atoms with Gasteiger partial charge in [-0.3, -0.25) is 4.79 Å². The second-order valence-electron chi connectivity index (χ2n) is 5.55. The van der Waals surface area contributed by atoms with Crippen molar-refractivity contribution in [3.05, 3.63) is 23.1 Å². The molecule has 0 spiro atoms. The molecule has 0 unspecified atom stereocenters. The van der Waals surface area contributed by atoms with Crippen molar-refractivity contribution in [1.82, 2.24) is 5.32 Å². The number of benzene rings is 1. The van der Waals surface area contributed by atoms with Gasteiger partial charge < -0.3 is 15.8 Å². The lowest BCUT2D eigenvalue weighted by atomic mass is 9.78. The highest BCUT2D eigenvalue weighted by atomic mass is 32.1. The average Bonchev–Trinajstić information content (AvgIpc) is 2.74. The summed E-state index contributed by atoms with van der Waals surface area (Å²) in [6, 6.07) is 5.73. The highest BCUT2D eigenvalue weighted by molar-refractivity contribution is 7.21. The molecule has 1 saturated carbocycles. The topological polar surface area (TPSA) is 64.3 Å². The number of carbonyl (C=O) groups excluding carboxylic acids is 1. The molecule has 0 atom stereocenters. The zero-order valence-corrected chi connectivity index (χ0v) is 12.5. The molecule has 3 rings (SSSR count). The van der Waals surface area contributed by atoms with Crippen LogP contribution in [0.3, 0.4) is 0 Å². The molecule has 1 aliphatic carbocycles. The first kappa shape index (κ1) is 13.2. The summed E-state index contributed by atoms with van der Waals surface area (Å²) in [6.07, 6.45) is 3.24. The molecule has 1 fully saturated rings. The second kappa shape index (κ2) is 4.66. The minimum Gasteiger partial charge on any atom is -0.496 e. The molecule has 20 heavy (non-hydrogen) atoms. The summed E-state index contributed by atoms with van der Waals surface area (Å²) < 4.78 is 6.31. The zero-order valence-electron chi connectivity index (χ0n) is 11.7. The lowest BCUT2D eigenvalue weighted by Gasteiger charge is -2.39. The Kier molecular flexibility index (Phi) is 3.09. The van der Waals surface area contributed by atoms with Crippen LogP contribution in [0, 0.1) is 0 Å². The van der Waals surface area contributed by atoms with Gasteiger partial charge in [-0.05, 0) is 38.3 Å². The van der Waals surface area contributed by atoms with E-state index >= 15 is 0 Å². The fourth-order valence-corrected chi connectivity index (χ4v) is 3.68. The highest BCUT2D eigenvalue weighted by Crippen LogP contribution is 2.40. The van der Waals surface area contributed by atoms with Crippen molar-refractivity contribution in [1.29, 1.82) is 0 Å². The van der Waals surface area contributed by atoms with Crippen LogP contribution in [0.4, 0.5) is 5.69 Å². The van der Waals surface area contributed by atoms with E-state index in [1.807, 2.05) is 18.2 Å². The molecule has 4 nitrogen and oxygen atoms in total. The summed E-state index contributed by atoms with van der Waals surface area (Å²) in [7, 11) is 1.61. The molecule has 0 saturated heterocycles. The average molecular weight is 290 g/mol. The Morgan fingerprint density at radius 1 is 1.45 bits per heavy atom. The smallest absolute Gasteiger partial charge is 0.263 e. The van der Waals surface area contributed by atoms with Gasteiger partial charge in [0.15, 0.2) is 0 Å². The molecule has 1 heterocycles. The molecule has 0 aliphatic heterocycles. The normalized spacial score (nSPS) is 16.7. The van der Waals surface area contributed by atoms with Gasteiger partial charge in [-0.1, -0.05) is 6.07 Å². The maximum Gasteiger partial charge on any atom is 0.263 e. The van der Waals surface area contributed by atoms with Gasteiger partial charge in [0.25, 0.3) is 5.91 Å². The number of amides is 1. The number of nitrogens with one attached hydrogen (secondary N) is 1. The quantitative estimate of drug-likeness (QED) is 0.912. The van der Waals surface area contributed by atoms with E-state index in [0.717, 1.165) is 22.9 Å². The number of hydrogen-bond acceptors (Lipinski definition) is 4. The van der Waals surface area contributed by atoms with Crippen LogP contribution in [0.25, 0.3) is 10.1 Å². The Morgan fingerprint density at radius 3 is 2.80 bits per heavy atom. The van der Waals surface area contributed by atoms with E-state index in [1.165, 1.54) is 17.8 Å². The Labute approximate surface area is 121 Å². The van der Waals surface area contributed by atoms with E-state index in [1.54, 1.807) is 7.11 Å². The van der Waals surface area contributed by atoms with Gasteiger partial charge in [0.1, 0.15) is 10.6 Å². The Balaban J connectivity index is 1.99. The van der Waals surface area contributed by atoms with Gasteiger partial charge >= 0.3 is 0 Å². The zero-order chi connectivity index (χ0) is 14.3. The van der Waals surface area contributed by atoms with Crippen LogP contribution in [-0.2, 0) is 0 Å². The first-order valence-electron chi connectivity index (χ1n) is 6.71. The predicted molar refractivity (Wildman–Crippen MR) is 82.5 cm³/mol. The molecule has 1 aromatic carbocycles. The minimum atomic E-state index is -0.0760. The van der Waals surface area contributed by atoms with Crippen molar-refractivity contribution < 1.29 is 9.53 Å². The molecule has 1 amide bonds. The third-order valence-corrected chi connectivity index (χ3v) is 5.18. The van der Waals surface area contributed by atoms with Crippen LogP contribution in [0.15, 0.2) is 18.2 Å². The van der Waals surface area contributed by atoms with Crippen molar-refractivity contribution in [2.24, 2.45) is 0 Å². The second-order valence-corrected chi connectivity index (χ2v) is 6.60. The number of nitrogen functional groups attached to an aromatic ring is 1. The van der Waals surface area contributed by atoms with E-state index in [0.29, 0.717) is 16.3 Å². The van der Waals surface area contributed by atoms with Crippen molar-refractivity contribution in [3.8, 4) is 5.75 Å². The summed E-state index contributed by atoms with van der Waals surface area (Å²) in [5.74, 6) is 0.637. The number of hydrogen-bond donors (Lipinski definition) is 2. The largest absolute Gasteiger partial charge is 0.496 e. The summed E-state index contributed by atoms with van der Waals surface area (Å²) in [4.78, 5) is 13.0. The van der Waals surface area contributed by atoms with Gasteiger partial charge in [0.2, 0.25) is 0 Å². The van der Waals surface area contributed by atoms with Crippen LogP contribution < -0.4 is 15.8 Å². The van der Waals surface area contributed by atoms with Gasteiger partial charge in [0.05, 0.1) is 18.2 Å². The molecule has 1 aromatic heterocycles. The minimum absolute atomic E-state index is 0.0657. The summed E-state index contributed by atoms with van der Waals surface area (Å²) >= 11 is 1.42. The van der Waals surface area contributed by atoms with E-state index < -0.39 is 0 Å². The van der Waals surface area contributed by atoms with Gasteiger partial charge in [-0.2, -0.15) is 0 Å². The summed E-state index contributed by atoms with van der Waals surface area (Å²) in [5.41, 5.74) is 6.62. The van der Waals surface area contributed by atoms with Gasteiger partial charge in [-0.25, -0.2) is 0 Å². The van der Waals surface area contributed by atoms with E-state index in [-0.39, 0.29) is 11.4 Å². The lowest BCUT2D eigenvalue weighted by Crippen LogP contribution is -2.50. The van der Waals surface area contributed by atoms with Gasteiger partial charge in [-0.15, -0.1) is 11.3 Å². The number of thiophene rings is 1. The monoisotopic (exact) mass is 290 g/mol. The van der Waals surface area contributed by atoms with E-state index in [4.69, 9.17) is 10.5 Å². The van der Waals surface area contributed by atoms with E-state index in [9.17, 15) is 4.79 Å². The molecule has 1 aliphatic rings. The third kappa shape index (κ3) is 2.02. The molecule has 2 aromatic rings. The van der Waals surface area contributed by atoms with Gasteiger partial charge in [0, 0.05) is 10.2 Å². The SMILES string of the molecule is COc1cccc2sc(C(=O)NC3(C)CCC3)c(N)c12. The molecule has 0 radical (unpaired) electrons. The van der Waals surface area contributed by atoms with Crippen molar-refractivity contribution in [2.75, 3.05) is 12.8 Å². The predicted octanol–water partition coefficient (Wildman–Crippen LogP) is 3.16. The standard InChI is InChI=1S/C15H18N2O2S/c1-15(7-4-8-15)17-14(18)13-12(16)11-9(19-2)5-3-6-10(11)20-13/h3,5-6H,4,7-8,16H2,1-2H3,(H,17,18). The number of rotatable bonds is 3. The summed E-state index contributed by atoms with van der Waals surface area (Å²) in [5, 5.41) is 3.94. The maximum atomic E-state index is 12.4. The Morgan fingerprint density at radius 2 is 2.20 bits per heavy atom. The first-order chi connectivity index (χ1) is 9.54. The highest BCUT2D eigenvalue weighted by Gasteiger charge is 2.34. The first-order valence-corrected chi connectivity index (χ1v) is 7.53. The number of anilines is 1. The van der Waals surface area contributed by atoms with Crippen molar-refractivity contribution in [3.63, 3.8) is 0 Å². The molecule has 5 heteroatoms. The summed E-state index contributed by atoms with van der Waals surface area (Å²) in [6.45, 7) is 2.08. The number of fused-ring (bicyclic) bond motifs is 1. The van der Waals surface area contributed by atoms with Crippen LogP contribution >= 0.6 is 11.3 Å². The lowest BCUT2D eigenvalue weighted by molar-refractivity contribution is 0.0855. The maximum absolute atomic E-state index is 12.4. The van der Waals surface area contributed by atoms with Crippen molar-refractivity contribution in [2.45, 2.75) is 31.7 Å². The van der Waals surface area contributed by atoms with Crippen LogP contribution in [0.2, 0.25) is 0 Å². The van der Waals surface area contributed by atoms with Crippen LogP contribution in [0.1, 0.15) is 35.9 Å². The van der Waals surface area contributed by atoms with Crippen molar-refractivity contribution >= 4 is 33.0 Å². The van der Waals surface area contributed by atoms with E-state index in [2.05, 4.69) is 12.2 Å². The van der Waals surface area contributed by atoms with Crippen LogP contribution in [-0.4, -0.2) is 18.6 Å². The molecular formula is C15H18N2O2S. The Bertz CT molecular complexity index is 674.